The molecule has 1 saturated heterocycles. The predicted molar refractivity (Wildman–Crippen MR) is 174 cm³/mol. The van der Waals surface area contributed by atoms with Crippen molar-refractivity contribution >= 4 is 29.2 Å². The van der Waals surface area contributed by atoms with Gasteiger partial charge in [0, 0.05) is 32.1 Å². The average molecular weight is 656 g/mol. The Hall–Kier alpha value is -3.97. The normalized spacial score (nSPS) is 16.8. The van der Waals surface area contributed by atoms with E-state index in [2.05, 4.69) is 20.8 Å². The molecule has 1 aliphatic heterocycles. The first-order valence-corrected chi connectivity index (χ1v) is 16.8. The van der Waals surface area contributed by atoms with Gasteiger partial charge < -0.3 is 35.0 Å². The number of carbonyl (C=O) groups excluding carboxylic acids is 2. The average Bonchev–Trinajstić information content (AvgIpc) is 3.77. The number of β-amino-alcohol motifs (C(OH)–C–C–N with tert-alkyl or cyclic N) is 1. The van der Waals surface area contributed by atoms with Gasteiger partial charge >= 0.3 is 6.09 Å². The summed E-state index contributed by atoms with van der Waals surface area (Å²) in [6.07, 6.45) is 4.03. The number of aryl methyl sites for hydroxylation is 1. The monoisotopic (exact) mass is 655 g/mol. The predicted octanol–water partition coefficient (Wildman–Crippen LogP) is 5.11. The molecule has 0 saturated carbocycles. The van der Waals surface area contributed by atoms with E-state index < -0.39 is 24.2 Å². The number of carbonyl (C=O) groups is 3. The number of rotatable bonds is 17. The second-order valence-electron chi connectivity index (χ2n) is 12.1. The van der Waals surface area contributed by atoms with Crippen molar-refractivity contribution in [1.82, 2.24) is 25.7 Å². The molecule has 0 bridgehead atoms. The number of ether oxygens (including phenoxy) is 1. The maximum absolute atomic E-state index is 13.8. The maximum atomic E-state index is 13.8. The summed E-state index contributed by atoms with van der Waals surface area (Å²) in [5.74, 6) is -0.780. The van der Waals surface area contributed by atoms with E-state index in [9.17, 15) is 19.5 Å². The highest BCUT2D eigenvalue weighted by Gasteiger charge is 2.43. The molecular formula is C33H45N5O7S. The second kappa shape index (κ2) is 17.1. The number of aliphatic hydroxyl groups excluding tert-OH is 1. The Morgan fingerprint density at radius 3 is 2.48 bits per heavy atom. The third-order valence-electron chi connectivity index (χ3n) is 8.14. The third-order valence-corrected chi connectivity index (χ3v) is 9.11. The minimum atomic E-state index is -0.990. The minimum Gasteiger partial charge on any atom is -0.476 e. The summed E-state index contributed by atoms with van der Waals surface area (Å²) in [4.78, 5) is 44.5. The number of nitrogens with zero attached hydrogens (tertiary/aromatic N) is 3. The lowest BCUT2D eigenvalue weighted by Crippen LogP contribution is -2.48. The second-order valence-corrected chi connectivity index (χ2v) is 12.9. The SMILES string of the molecule is Cc1ncsc1-c1ccc(CNC(=O)[C@@H]2C[C@@H](O)CN2C(=O)[C@H](c2cc(OCCCCCCCCNC(=O)O)no2)C(C)C)cc1. The molecule has 0 radical (unpaired) electrons. The number of hydrogen-bond donors (Lipinski definition) is 4. The Morgan fingerprint density at radius 2 is 1.80 bits per heavy atom. The first-order chi connectivity index (χ1) is 22.1. The summed E-state index contributed by atoms with van der Waals surface area (Å²) in [5, 5.41) is 28.4. The molecule has 0 spiro atoms. The van der Waals surface area contributed by atoms with Crippen LogP contribution < -0.4 is 15.4 Å². The summed E-state index contributed by atoms with van der Waals surface area (Å²) in [6, 6.07) is 8.78. The molecule has 1 aliphatic rings. The highest BCUT2D eigenvalue weighted by atomic mass is 32.1. The fourth-order valence-electron chi connectivity index (χ4n) is 5.67. The van der Waals surface area contributed by atoms with Gasteiger partial charge in [-0.15, -0.1) is 11.3 Å². The smallest absolute Gasteiger partial charge is 0.404 e. The Bertz CT molecular complexity index is 1420. The van der Waals surface area contributed by atoms with Gasteiger partial charge in [0.1, 0.15) is 12.0 Å². The first-order valence-electron chi connectivity index (χ1n) is 16.0. The van der Waals surface area contributed by atoms with Gasteiger partial charge in [0.05, 0.1) is 28.8 Å². The molecule has 12 nitrogen and oxygen atoms in total. The van der Waals surface area contributed by atoms with Gasteiger partial charge in [0.15, 0.2) is 5.76 Å². The van der Waals surface area contributed by atoms with Crippen LogP contribution in [0.4, 0.5) is 4.79 Å². The lowest BCUT2D eigenvalue weighted by Gasteiger charge is -2.28. The van der Waals surface area contributed by atoms with Crippen molar-refractivity contribution in [2.45, 2.75) is 90.3 Å². The van der Waals surface area contributed by atoms with Crippen molar-refractivity contribution in [3.05, 3.63) is 52.9 Å². The van der Waals surface area contributed by atoms with E-state index in [1.807, 2.05) is 50.5 Å². The van der Waals surface area contributed by atoms with Crippen LogP contribution in [0.3, 0.4) is 0 Å². The highest BCUT2D eigenvalue weighted by molar-refractivity contribution is 7.13. The van der Waals surface area contributed by atoms with E-state index in [1.54, 1.807) is 17.4 Å². The maximum Gasteiger partial charge on any atom is 0.404 e. The first kappa shape index (κ1) is 34.9. The number of aliphatic hydroxyl groups is 1. The van der Waals surface area contributed by atoms with E-state index in [1.165, 1.54) is 4.90 Å². The van der Waals surface area contributed by atoms with Gasteiger partial charge in [0.25, 0.3) is 5.88 Å². The van der Waals surface area contributed by atoms with Crippen molar-refractivity contribution < 1.29 is 33.9 Å². The molecule has 1 aromatic carbocycles. The number of amides is 3. The number of benzene rings is 1. The van der Waals surface area contributed by atoms with Crippen LogP contribution in [0, 0.1) is 12.8 Å². The number of unbranched alkanes of at least 4 members (excludes halogenated alkanes) is 5. The van der Waals surface area contributed by atoms with Gasteiger partial charge in [-0.25, -0.2) is 9.78 Å². The number of nitrogens with one attached hydrogen (secondary N) is 2. The lowest BCUT2D eigenvalue weighted by atomic mass is 9.91. The van der Waals surface area contributed by atoms with Crippen LogP contribution in [0.25, 0.3) is 10.4 Å². The third kappa shape index (κ3) is 9.76. The Labute approximate surface area is 273 Å². The minimum absolute atomic E-state index is 0.0661. The molecule has 4 N–H and O–H groups in total. The van der Waals surface area contributed by atoms with Gasteiger partial charge in [-0.05, 0) is 42.0 Å². The van der Waals surface area contributed by atoms with Crippen LogP contribution in [0.2, 0.25) is 0 Å². The molecule has 3 amide bonds. The van der Waals surface area contributed by atoms with Crippen LogP contribution in [0.5, 0.6) is 5.88 Å². The number of hydrogen-bond acceptors (Lipinski definition) is 9. The number of carboxylic acid groups (broad SMARTS) is 1. The molecule has 3 aromatic rings. The van der Waals surface area contributed by atoms with Crippen LogP contribution in [-0.4, -0.2) is 75.0 Å². The molecule has 4 rings (SSSR count). The van der Waals surface area contributed by atoms with E-state index in [-0.39, 0.29) is 30.7 Å². The summed E-state index contributed by atoms with van der Waals surface area (Å²) < 4.78 is 11.3. The van der Waals surface area contributed by atoms with Gasteiger partial charge in [-0.1, -0.05) is 63.8 Å². The van der Waals surface area contributed by atoms with Crippen LogP contribution in [0.15, 0.2) is 40.4 Å². The summed E-state index contributed by atoms with van der Waals surface area (Å²) >= 11 is 1.59. The van der Waals surface area contributed by atoms with Gasteiger partial charge in [-0.3, -0.25) is 9.59 Å². The van der Waals surface area contributed by atoms with E-state index >= 15 is 0 Å². The Balaban J connectivity index is 1.26. The van der Waals surface area contributed by atoms with Gasteiger partial charge in [-0.2, -0.15) is 0 Å². The molecule has 1 fully saturated rings. The molecule has 46 heavy (non-hydrogen) atoms. The number of aromatic nitrogens is 2. The molecule has 0 aliphatic carbocycles. The highest BCUT2D eigenvalue weighted by Crippen LogP contribution is 2.32. The molecule has 3 atom stereocenters. The quantitative estimate of drug-likeness (QED) is 0.145. The number of thiazole rings is 1. The van der Waals surface area contributed by atoms with Crippen LogP contribution in [-0.2, 0) is 16.1 Å². The van der Waals surface area contributed by atoms with Crippen molar-refractivity contribution in [1.29, 1.82) is 0 Å². The zero-order valence-electron chi connectivity index (χ0n) is 26.7. The summed E-state index contributed by atoms with van der Waals surface area (Å²) in [5.41, 5.74) is 4.80. The van der Waals surface area contributed by atoms with Crippen LogP contribution >= 0.6 is 11.3 Å². The van der Waals surface area contributed by atoms with Crippen molar-refractivity contribution in [3.63, 3.8) is 0 Å². The summed E-state index contributed by atoms with van der Waals surface area (Å²) in [6.45, 7) is 7.09. The fourth-order valence-corrected chi connectivity index (χ4v) is 6.48. The Kier molecular flexibility index (Phi) is 13.0. The summed E-state index contributed by atoms with van der Waals surface area (Å²) in [7, 11) is 0. The van der Waals surface area contributed by atoms with Crippen LogP contribution in [0.1, 0.15) is 81.7 Å². The van der Waals surface area contributed by atoms with E-state index in [4.69, 9.17) is 14.4 Å². The standard InChI is InChI=1S/C33H45N5O7S/c1-21(2)29(27-17-28(37-45-27)44-15-9-7-5-4-6-8-14-34-33(42)43)32(41)38-19-25(39)16-26(38)31(40)35-18-23-10-12-24(13-11-23)30-22(3)36-20-46-30/h10-13,17,20-21,25-26,29,34,39H,4-9,14-16,18-19H2,1-3H3,(H,35,40)(H,42,43)/t25-,26+,29+/m1/s1. The van der Waals surface area contributed by atoms with Crippen molar-refractivity contribution in [3.8, 4) is 16.3 Å². The largest absolute Gasteiger partial charge is 0.476 e. The molecular weight excluding hydrogens is 610 g/mol. The topological polar surface area (TPSA) is 167 Å². The fraction of sp³-hybridized carbons (Fsp3) is 0.545. The lowest BCUT2D eigenvalue weighted by molar-refractivity contribution is -0.141. The molecule has 0 unspecified atom stereocenters. The zero-order chi connectivity index (χ0) is 33.1. The van der Waals surface area contributed by atoms with E-state index in [0.717, 1.165) is 60.2 Å². The van der Waals surface area contributed by atoms with E-state index in [0.29, 0.717) is 31.3 Å². The van der Waals surface area contributed by atoms with Crippen molar-refractivity contribution in [2.24, 2.45) is 5.92 Å². The molecule has 250 valence electrons. The zero-order valence-corrected chi connectivity index (χ0v) is 27.6. The van der Waals surface area contributed by atoms with Crippen molar-refractivity contribution in [2.75, 3.05) is 19.7 Å². The van der Waals surface area contributed by atoms with Gasteiger partial charge in [0.2, 0.25) is 11.8 Å². The Morgan fingerprint density at radius 1 is 1.09 bits per heavy atom. The number of likely N-dealkylation sites (tertiary alicyclic amines) is 1. The molecule has 3 heterocycles. The molecule has 13 heteroatoms. The molecule has 2 aromatic heterocycles.